The second kappa shape index (κ2) is 5.06. The summed E-state index contributed by atoms with van der Waals surface area (Å²) in [6, 6.07) is 18.8. The Balaban J connectivity index is 2.15. The minimum Gasteiger partial charge on any atom is -0.320 e. The van der Waals surface area contributed by atoms with Crippen molar-refractivity contribution in [2.45, 2.75) is 13.0 Å². The molecule has 3 aromatic rings. The van der Waals surface area contributed by atoms with Crippen molar-refractivity contribution >= 4 is 10.8 Å². The van der Waals surface area contributed by atoms with Gasteiger partial charge >= 0.3 is 0 Å². The molecule has 0 aliphatic rings. The lowest BCUT2D eigenvalue weighted by atomic mass is 9.92. The number of benzene rings is 3. The number of aryl methyl sites for hydroxylation is 1. The summed E-state index contributed by atoms with van der Waals surface area (Å²) in [6.45, 7) is 1.89. The van der Waals surface area contributed by atoms with Crippen molar-refractivity contribution in [3.05, 3.63) is 83.2 Å². The highest BCUT2D eigenvalue weighted by atomic mass is 19.1. The maximum atomic E-state index is 13.2. The van der Waals surface area contributed by atoms with Gasteiger partial charge in [-0.05, 0) is 46.5 Å². The predicted octanol–water partition coefficient (Wildman–Crippen LogP) is 4.34. The molecular weight excluding hydrogens is 249 g/mol. The number of halogens is 1. The van der Waals surface area contributed by atoms with E-state index in [0.717, 1.165) is 22.1 Å². The molecule has 20 heavy (non-hydrogen) atoms. The van der Waals surface area contributed by atoms with E-state index in [4.69, 9.17) is 5.73 Å². The quantitative estimate of drug-likeness (QED) is 0.733. The van der Waals surface area contributed by atoms with Crippen LogP contribution in [0.4, 0.5) is 4.39 Å². The molecule has 0 radical (unpaired) electrons. The lowest BCUT2D eigenvalue weighted by Gasteiger charge is -2.17. The fourth-order valence-electron chi connectivity index (χ4n) is 2.68. The summed E-state index contributed by atoms with van der Waals surface area (Å²) in [5.41, 5.74) is 9.32. The van der Waals surface area contributed by atoms with Crippen LogP contribution in [-0.4, -0.2) is 0 Å². The van der Waals surface area contributed by atoms with Gasteiger partial charge in [-0.1, -0.05) is 48.5 Å². The molecule has 0 aromatic heterocycles. The van der Waals surface area contributed by atoms with Crippen LogP contribution < -0.4 is 5.73 Å². The predicted molar refractivity (Wildman–Crippen MR) is 81.1 cm³/mol. The molecule has 1 atom stereocenters. The molecule has 0 saturated carbocycles. The molecule has 0 aliphatic heterocycles. The average Bonchev–Trinajstić information content (AvgIpc) is 2.46. The number of hydrogen-bond acceptors (Lipinski definition) is 1. The third-order valence-electron chi connectivity index (χ3n) is 3.73. The zero-order chi connectivity index (χ0) is 14.1. The molecule has 2 heteroatoms. The maximum absolute atomic E-state index is 13.2. The first-order valence-corrected chi connectivity index (χ1v) is 6.66. The van der Waals surface area contributed by atoms with Crippen molar-refractivity contribution in [1.29, 1.82) is 0 Å². The van der Waals surface area contributed by atoms with Crippen molar-refractivity contribution < 1.29 is 4.39 Å². The van der Waals surface area contributed by atoms with Gasteiger partial charge in [0.1, 0.15) is 5.82 Å². The highest BCUT2D eigenvalue weighted by molar-refractivity contribution is 5.86. The summed E-state index contributed by atoms with van der Waals surface area (Å²) in [4.78, 5) is 0. The second-order valence-electron chi connectivity index (χ2n) is 5.05. The van der Waals surface area contributed by atoms with Gasteiger partial charge in [0.25, 0.3) is 0 Å². The van der Waals surface area contributed by atoms with Crippen molar-refractivity contribution in [2.24, 2.45) is 5.73 Å². The monoisotopic (exact) mass is 265 g/mol. The van der Waals surface area contributed by atoms with Crippen molar-refractivity contribution in [3.8, 4) is 0 Å². The Kier molecular flexibility index (Phi) is 3.25. The molecule has 0 heterocycles. The Morgan fingerprint density at radius 1 is 0.900 bits per heavy atom. The van der Waals surface area contributed by atoms with E-state index in [1.807, 2.05) is 31.2 Å². The first-order chi connectivity index (χ1) is 9.66. The molecule has 100 valence electrons. The van der Waals surface area contributed by atoms with Gasteiger partial charge in [-0.3, -0.25) is 0 Å². The van der Waals surface area contributed by atoms with Crippen LogP contribution in [0.25, 0.3) is 10.8 Å². The maximum Gasteiger partial charge on any atom is 0.123 e. The number of fused-ring (bicyclic) bond motifs is 1. The zero-order valence-electron chi connectivity index (χ0n) is 11.3. The summed E-state index contributed by atoms with van der Waals surface area (Å²) in [5, 5.41) is 2.31. The lowest BCUT2D eigenvalue weighted by Crippen LogP contribution is -2.13. The molecule has 2 N–H and O–H groups in total. The standard InChI is InChI=1S/C18H16FN/c1-12-11-14(19)9-10-15(12)18(20)17-8-4-6-13-5-2-3-7-16(13)17/h2-11,18H,20H2,1H3. The van der Waals surface area contributed by atoms with E-state index in [9.17, 15) is 4.39 Å². The fraction of sp³-hybridized carbons (Fsp3) is 0.111. The highest BCUT2D eigenvalue weighted by Crippen LogP contribution is 2.29. The van der Waals surface area contributed by atoms with Gasteiger partial charge in [-0.15, -0.1) is 0 Å². The molecule has 3 rings (SSSR count). The van der Waals surface area contributed by atoms with E-state index in [2.05, 4.69) is 18.2 Å². The number of hydrogen-bond donors (Lipinski definition) is 1. The van der Waals surface area contributed by atoms with Crippen LogP contribution in [0, 0.1) is 12.7 Å². The molecule has 0 fully saturated rings. The third kappa shape index (κ3) is 2.19. The van der Waals surface area contributed by atoms with E-state index in [-0.39, 0.29) is 11.9 Å². The number of rotatable bonds is 2. The Morgan fingerprint density at radius 3 is 2.45 bits per heavy atom. The zero-order valence-corrected chi connectivity index (χ0v) is 11.3. The van der Waals surface area contributed by atoms with Crippen molar-refractivity contribution in [1.82, 2.24) is 0 Å². The molecule has 0 aliphatic carbocycles. The molecule has 0 saturated heterocycles. The molecule has 0 bridgehead atoms. The first kappa shape index (κ1) is 12.8. The van der Waals surface area contributed by atoms with Crippen LogP contribution in [-0.2, 0) is 0 Å². The normalized spacial score (nSPS) is 12.6. The Bertz CT molecular complexity index is 759. The van der Waals surface area contributed by atoms with Gasteiger partial charge < -0.3 is 5.73 Å². The summed E-state index contributed by atoms with van der Waals surface area (Å²) in [5.74, 6) is -0.226. The van der Waals surface area contributed by atoms with Gasteiger partial charge in [-0.2, -0.15) is 0 Å². The smallest absolute Gasteiger partial charge is 0.123 e. The first-order valence-electron chi connectivity index (χ1n) is 6.66. The van der Waals surface area contributed by atoms with E-state index in [1.54, 1.807) is 6.07 Å². The molecule has 0 spiro atoms. The minimum absolute atomic E-state index is 0.226. The van der Waals surface area contributed by atoms with Crippen LogP contribution in [0.2, 0.25) is 0 Å². The summed E-state index contributed by atoms with van der Waals surface area (Å²) < 4.78 is 13.2. The van der Waals surface area contributed by atoms with Crippen molar-refractivity contribution in [2.75, 3.05) is 0 Å². The van der Waals surface area contributed by atoms with E-state index >= 15 is 0 Å². The second-order valence-corrected chi connectivity index (χ2v) is 5.05. The third-order valence-corrected chi connectivity index (χ3v) is 3.73. The van der Waals surface area contributed by atoms with Crippen LogP contribution in [0.3, 0.4) is 0 Å². The van der Waals surface area contributed by atoms with Gasteiger partial charge in [-0.25, -0.2) is 4.39 Å². The lowest BCUT2D eigenvalue weighted by molar-refractivity contribution is 0.625. The molecular formula is C18H16FN. The SMILES string of the molecule is Cc1cc(F)ccc1C(N)c1cccc2ccccc12. The molecule has 0 amide bonds. The van der Waals surface area contributed by atoms with Gasteiger partial charge in [0.2, 0.25) is 0 Å². The van der Waals surface area contributed by atoms with E-state index < -0.39 is 0 Å². The highest BCUT2D eigenvalue weighted by Gasteiger charge is 2.14. The summed E-state index contributed by atoms with van der Waals surface area (Å²) in [6.07, 6.45) is 0. The van der Waals surface area contributed by atoms with E-state index in [0.29, 0.717) is 0 Å². The molecule has 1 nitrogen and oxygen atoms in total. The Morgan fingerprint density at radius 2 is 1.65 bits per heavy atom. The Hall–Kier alpha value is -2.19. The topological polar surface area (TPSA) is 26.0 Å². The van der Waals surface area contributed by atoms with Crippen LogP contribution in [0.15, 0.2) is 60.7 Å². The summed E-state index contributed by atoms with van der Waals surface area (Å²) >= 11 is 0. The van der Waals surface area contributed by atoms with Gasteiger partial charge in [0.05, 0.1) is 6.04 Å². The number of nitrogens with two attached hydrogens (primary N) is 1. The van der Waals surface area contributed by atoms with Crippen LogP contribution in [0.5, 0.6) is 0 Å². The Labute approximate surface area is 117 Å². The van der Waals surface area contributed by atoms with Gasteiger partial charge in [0, 0.05) is 0 Å². The molecule has 3 aromatic carbocycles. The molecule has 1 unspecified atom stereocenters. The fourth-order valence-corrected chi connectivity index (χ4v) is 2.68. The van der Waals surface area contributed by atoms with Crippen molar-refractivity contribution in [3.63, 3.8) is 0 Å². The van der Waals surface area contributed by atoms with Crippen LogP contribution >= 0.6 is 0 Å². The van der Waals surface area contributed by atoms with E-state index in [1.165, 1.54) is 17.5 Å². The minimum atomic E-state index is -0.248. The largest absolute Gasteiger partial charge is 0.320 e. The average molecular weight is 265 g/mol. The van der Waals surface area contributed by atoms with Gasteiger partial charge in [0.15, 0.2) is 0 Å². The summed E-state index contributed by atoms with van der Waals surface area (Å²) in [7, 11) is 0. The van der Waals surface area contributed by atoms with Crippen LogP contribution in [0.1, 0.15) is 22.7 Å².